The number of carbonyl (C=O) groups is 4. The largest absolute Gasteiger partial charge is 0.493 e. The van der Waals surface area contributed by atoms with Crippen molar-refractivity contribution < 1.29 is 47.3 Å². The molecule has 0 N–H and O–H groups in total. The third kappa shape index (κ3) is 8.41. The number of rotatable bonds is 12. The molecule has 0 unspecified atom stereocenters. The van der Waals surface area contributed by atoms with Crippen LogP contribution >= 0.6 is 0 Å². The molecule has 0 fully saturated rings. The van der Waals surface area contributed by atoms with E-state index in [2.05, 4.69) is 13.2 Å². The Bertz CT molecular complexity index is 1790. The van der Waals surface area contributed by atoms with Crippen LogP contribution < -0.4 is 18.9 Å². The average molecular weight is 613 g/mol. The van der Waals surface area contributed by atoms with Crippen molar-refractivity contribution in [3.05, 3.63) is 120 Å². The molecule has 0 atom stereocenters. The summed E-state index contributed by atoms with van der Waals surface area (Å²) in [5.74, 6) is -2.62. The minimum atomic E-state index is -0.927. The first-order valence-corrected chi connectivity index (χ1v) is 13.7. The molecule has 9 nitrogen and oxygen atoms in total. The summed E-state index contributed by atoms with van der Waals surface area (Å²) in [7, 11) is 0. The summed E-state index contributed by atoms with van der Waals surface area (Å²) < 4.78 is 41.1. The second-order valence-electron chi connectivity index (χ2n) is 9.76. The van der Waals surface area contributed by atoms with Crippen molar-refractivity contribution in [2.24, 2.45) is 0 Å². The maximum absolute atomic E-state index is 14.6. The van der Waals surface area contributed by atoms with Crippen LogP contribution in [0.2, 0.25) is 0 Å². The normalized spacial score (nSPS) is 10.5. The van der Waals surface area contributed by atoms with E-state index in [1.807, 2.05) is 0 Å². The lowest BCUT2D eigenvalue weighted by Crippen LogP contribution is -2.13. The van der Waals surface area contributed by atoms with Gasteiger partial charge in [-0.1, -0.05) is 25.3 Å². The summed E-state index contributed by atoms with van der Waals surface area (Å²) in [6.45, 7) is 10.5. The van der Waals surface area contributed by atoms with Gasteiger partial charge in [-0.15, -0.1) is 0 Å². The molecule has 10 heteroatoms. The maximum atomic E-state index is 14.6. The Morgan fingerprint density at radius 1 is 0.800 bits per heavy atom. The van der Waals surface area contributed by atoms with Crippen LogP contribution in [0, 0.1) is 12.7 Å². The third-order valence-electron chi connectivity index (χ3n) is 6.40. The topological polar surface area (TPSA) is 114 Å². The zero-order valence-electron chi connectivity index (χ0n) is 24.6. The van der Waals surface area contributed by atoms with E-state index in [-0.39, 0.29) is 29.2 Å². The van der Waals surface area contributed by atoms with Crippen LogP contribution in [0.3, 0.4) is 0 Å². The van der Waals surface area contributed by atoms with Gasteiger partial charge in [-0.2, -0.15) is 0 Å². The lowest BCUT2D eigenvalue weighted by atomic mass is 10.0. The Hall–Kier alpha value is -5.77. The molecule has 0 aliphatic rings. The standard InChI is InChI=1S/C35H29FO9/c1-5-32(37)42-18-6-17-41-25-10-7-23(8-11-25)34(39)44-26-12-14-28-22(4)31(16-9-24(28)19-26)45-35(40)29-15-13-27(20-30(29)36)43-33(38)21(2)3/h5,7-16,19-20H,1-2,6,17-18H2,3-4H3. The predicted octanol–water partition coefficient (Wildman–Crippen LogP) is 6.71. The summed E-state index contributed by atoms with van der Waals surface area (Å²) in [5.41, 5.74) is 0.737. The molecule has 0 spiro atoms. The quantitative estimate of drug-likeness (QED) is 0.0746. The van der Waals surface area contributed by atoms with Crippen molar-refractivity contribution in [1.29, 1.82) is 0 Å². The maximum Gasteiger partial charge on any atom is 0.346 e. The van der Waals surface area contributed by atoms with Crippen LogP contribution in [0.15, 0.2) is 97.6 Å². The molecular weight excluding hydrogens is 583 g/mol. The van der Waals surface area contributed by atoms with Gasteiger partial charge in [0.05, 0.1) is 24.3 Å². The molecule has 230 valence electrons. The van der Waals surface area contributed by atoms with Gasteiger partial charge in [0.25, 0.3) is 0 Å². The van der Waals surface area contributed by atoms with Crippen molar-refractivity contribution in [2.75, 3.05) is 13.2 Å². The fraction of sp³-hybridized carbons (Fsp3) is 0.143. The Morgan fingerprint density at radius 3 is 2.18 bits per heavy atom. The summed E-state index contributed by atoms with van der Waals surface area (Å²) in [6, 6.07) is 18.1. The molecule has 45 heavy (non-hydrogen) atoms. The third-order valence-corrected chi connectivity index (χ3v) is 6.40. The second kappa shape index (κ2) is 14.6. The predicted molar refractivity (Wildman–Crippen MR) is 163 cm³/mol. The fourth-order valence-corrected chi connectivity index (χ4v) is 4.03. The molecule has 4 rings (SSSR count). The molecule has 4 aromatic rings. The molecule has 0 saturated heterocycles. The van der Waals surface area contributed by atoms with Crippen molar-refractivity contribution in [3.8, 4) is 23.0 Å². The van der Waals surface area contributed by atoms with E-state index < -0.39 is 29.7 Å². The Balaban J connectivity index is 1.37. The van der Waals surface area contributed by atoms with Crippen molar-refractivity contribution in [1.82, 2.24) is 0 Å². The molecule has 0 aromatic heterocycles. The number of hydrogen-bond acceptors (Lipinski definition) is 9. The van der Waals surface area contributed by atoms with Gasteiger partial charge < -0.3 is 23.7 Å². The van der Waals surface area contributed by atoms with Gasteiger partial charge in [0.15, 0.2) is 0 Å². The van der Waals surface area contributed by atoms with Crippen LogP contribution in [-0.4, -0.2) is 37.1 Å². The molecule has 0 radical (unpaired) electrons. The number of aryl methyl sites for hydroxylation is 1. The molecule has 0 saturated carbocycles. The monoisotopic (exact) mass is 612 g/mol. The molecule has 0 bridgehead atoms. The smallest absolute Gasteiger partial charge is 0.346 e. The number of carbonyl (C=O) groups excluding carboxylic acids is 4. The number of ether oxygens (including phenoxy) is 5. The van der Waals surface area contributed by atoms with Crippen LogP contribution in [0.1, 0.15) is 39.6 Å². The van der Waals surface area contributed by atoms with Gasteiger partial charge in [-0.05, 0) is 84.8 Å². The fourth-order valence-electron chi connectivity index (χ4n) is 4.03. The van der Waals surface area contributed by atoms with E-state index in [4.69, 9.17) is 23.7 Å². The summed E-state index contributed by atoms with van der Waals surface area (Å²) in [6.07, 6.45) is 1.59. The number of hydrogen-bond donors (Lipinski definition) is 0. The molecule has 0 heterocycles. The SMILES string of the molecule is C=CC(=O)OCCCOc1ccc(C(=O)Oc2ccc3c(C)c(OC(=O)c4ccc(OC(=O)C(=C)C)cc4F)ccc3c2)cc1. The second-order valence-corrected chi connectivity index (χ2v) is 9.76. The Morgan fingerprint density at radius 2 is 1.49 bits per heavy atom. The number of benzene rings is 4. The van der Waals surface area contributed by atoms with Crippen LogP contribution in [0.5, 0.6) is 23.0 Å². The summed E-state index contributed by atoms with van der Waals surface area (Å²) in [5, 5.41) is 1.44. The van der Waals surface area contributed by atoms with E-state index in [0.29, 0.717) is 35.7 Å². The zero-order chi connectivity index (χ0) is 32.5. The van der Waals surface area contributed by atoms with Gasteiger partial charge >= 0.3 is 23.9 Å². The zero-order valence-corrected chi connectivity index (χ0v) is 24.6. The first kappa shape index (κ1) is 32.2. The van der Waals surface area contributed by atoms with Crippen molar-refractivity contribution in [2.45, 2.75) is 20.3 Å². The molecule has 0 aliphatic heterocycles. The van der Waals surface area contributed by atoms with E-state index in [9.17, 15) is 23.6 Å². The van der Waals surface area contributed by atoms with Gasteiger partial charge in [0.1, 0.15) is 28.8 Å². The van der Waals surface area contributed by atoms with Crippen LogP contribution in [-0.2, 0) is 14.3 Å². The van der Waals surface area contributed by atoms with E-state index in [1.165, 1.54) is 19.1 Å². The average Bonchev–Trinajstić information content (AvgIpc) is 3.02. The first-order valence-electron chi connectivity index (χ1n) is 13.7. The molecular formula is C35H29FO9. The highest BCUT2D eigenvalue weighted by Crippen LogP contribution is 2.31. The summed E-state index contributed by atoms with van der Waals surface area (Å²) in [4.78, 5) is 48.2. The van der Waals surface area contributed by atoms with E-state index in [1.54, 1.807) is 61.5 Å². The minimum absolute atomic E-state index is 0.0705. The number of fused-ring (bicyclic) bond motifs is 1. The number of halogens is 1. The lowest BCUT2D eigenvalue weighted by molar-refractivity contribution is -0.138. The Labute approximate surface area is 258 Å². The van der Waals surface area contributed by atoms with Crippen molar-refractivity contribution in [3.63, 3.8) is 0 Å². The highest BCUT2D eigenvalue weighted by atomic mass is 19.1. The van der Waals surface area contributed by atoms with Crippen LogP contribution in [0.25, 0.3) is 10.8 Å². The van der Waals surface area contributed by atoms with Crippen molar-refractivity contribution >= 4 is 34.6 Å². The molecule has 0 amide bonds. The minimum Gasteiger partial charge on any atom is -0.493 e. The molecule has 4 aromatic carbocycles. The highest BCUT2D eigenvalue weighted by molar-refractivity contribution is 5.95. The number of esters is 4. The van der Waals surface area contributed by atoms with Crippen LogP contribution in [0.4, 0.5) is 4.39 Å². The highest BCUT2D eigenvalue weighted by Gasteiger charge is 2.18. The van der Waals surface area contributed by atoms with Gasteiger partial charge in [-0.3, -0.25) is 0 Å². The van der Waals surface area contributed by atoms with Gasteiger partial charge in [0.2, 0.25) is 0 Å². The van der Waals surface area contributed by atoms with E-state index >= 15 is 0 Å². The molecule has 0 aliphatic carbocycles. The lowest BCUT2D eigenvalue weighted by Gasteiger charge is -2.12. The summed E-state index contributed by atoms with van der Waals surface area (Å²) >= 11 is 0. The first-order chi connectivity index (χ1) is 21.5. The van der Waals surface area contributed by atoms with Gasteiger partial charge in [0, 0.05) is 24.1 Å². The Kier molecular flexibility index (Phi) is 10.4. The van der Waals surface area contributed by atoms with E-state index in [0.717, 1.165) is 22.9 Å². The van der Waals surface area contributed by atoms with Gasteiger partial charge in [-0.25, -0.2) is 23.6 Å².